The third kappa shape index (κ3) is 5.46. The van der Waals surface area contributed by atoms with Gasteiger partial charge in [0.15, 0.2) is 11.5 Å². The van der Waals surface area contributed by atoms with Crippen molar-refractivity contribution in [2.24, 2.45) is 10.9 Å². The Balaban J connectivity index is 1.70. The summed E-state index contributed by atoms with van der Waals surface area (Å²) < 4.78 is 11.4. The minimum absolute atomic E-state index is 0.324. The van der Waals surface area contributed by atoms with Crippen molar-refractivity contribution in [3.05, 3.63) is 90.0 Å². The number of aliphatic imine (C=N–C) groups is 1. The van der Waals surface area contributed by atoms with Gasteiger partial charge in [-0.05, 0) is 41.8 Å². The number of benzene rings is 3. The van der Waals surface area contributed by atoms with Crippen LogP contribution in [-0.2, 0) is 13.0 Å². The van der Waals surface area contributed by atoms with E-state index < -0.39 is 0 Å². The molecule has 0 N–H and O–H groups in total. The number of hydrogen-bond acceptors (Lipinski definition) is 4. The van der Waals surface area contributed by atoms with Crippen LogP contribution in [0.5, 0.6) is 11.5 Å². The van der Waals surface area contributed by atoms with E-state index in [9.17, 15) is 5.26 Å². The summed E-state index contributed by atoms with van der Waals surface area (Å²) in [4.78, 5) is 4.40. The lowest BCUT2D eigenvalue weighted by atomic mass is 10.0. The fourth-order valence-corrected chi connectivity index (χ4v) is 2.77. The first-order chi connectivity index (χ1) is 13.8. The lowest BCUT2D eigenvalue weighted by molar-refractivity contribution is 0.284. The van der Waals surface area contributed by atoms with Gasteiger partial charge < -0.3 is 9.47 Å². The van der Waals surface area contributed by atoms with E-state index in [1.807, 2.05) is 78.9 Å². The Morgan fingerprint density at radius 1 is 0.929 bits per heavy atom. The highest BCUT2D eigenvalue weighted by molar-refractivity contribution is 5.69. The summed E-state index contributed by atoms with van der Waals surface area (Å²) in [5.41, 5.74) is 2.92. The molecule has 0 amide bonds. The average Bonchev–Trinajstić information content (AvgIpc) is 2.76. The highest BCUT2D eigenvalue weighted by Crippen LogP contribution is 2.29. The molecule has 0 bridgehead atoms. The van der Waals surface area contributed by atoms with Gasteiger partial charge >= 0.3 is 0 Å². The fourth-order valence-electron chi connectivity index (χ4n) is 2.77. The van der Waals surface area contributed by atoms with Gasteiger partial charge in [0.05, 0.1) is 24.8 Å². The quantitative estimate of drug-likeness (QED) is 0.502. The van der Waals surface area contributed by atoms with Gasteiger partial charge in [-0.2, -0.15) is 5.26 Å². The molecule has 4 nitrogen and oxygen atoms in total. The maximum atomic E-state index is 9.49. The molecule has 4 heteroatoms. The van der Waals surface area contributed by atoms with Crippen LogP contribution in [0.1, 0.15) is 11.1 Å². The molecule has 0 saturated heterocycles. The molecule has 1 unspecified atom stereocenters. The molecule has 0 heterocycles. The van der Waals surface area contributed by atoms with Crippen LogP contribution in [0.15, 0.2) is 83.9 Å². The molecule has 140 valence electrons. The van der Waals surface area contributed by atoms with E-state index in [-0.39, 0.29) is 5.92 Å². The molecular formula is C24H22N2O2. The maximum absolute atomic E-state index is 9.49. The smallest absolute Gasteiger partial charge is 0.161 e. The summed E-state index contributed by atoms with van der Waals surface area (Å²) >= 11 is 0. The fraction of sp³-hybridized carbons (Fsp3) is 0.167. The second-order valence-electron chi connectivity index (χ2n) is 6.31. The van der Waals surface area contributed by atoms with Gasteiger partial charge in [-0.15, -0.1) is 0 Å². The summed E-state index contributed by atoms with van der Waals surface area (Å²) in [5, 5.41) is 9.49. The van der Waals surface area contributed by atoms with Gasteiger partial charge in [-0.3, -0.25) is 4.99 Å². The van der Waals surface area contributed by atoms with Gasteiger partial charge in [0.1, 0.15) is 6.61 Å². The number of methoxy groups -OCH3 is 1. The Hall–Kier alpha value is -3.58. The van der Waals surface area contributed by atoms with Crippen LogP contribution < -0.4 is 9.47 Å². The monoisotopic (exact) mass is 370 g/mol. The predicted octanol–water partition coefficient (Wildman–Crippen LogP) is 5.36. The molecule has 3 rings (SSSR count). The minimum Gasteiger partial charge on any atom is -0.493 e. The van der Waals surface area contributed by atoms with Crippen molar-refractivity contribution in [1.29, 1.82) is 5.26 Å². The normalized spacial score (nSPS) is 11.7. The standard InChI is InChI=1S/C24H22N2O2/c1-27-23-13-12-20(15-24(23)28-18-19-8-4-2-5-9-19)14-21(16-25)17-26-22-10-6-3-7-11-22/h2-13,15,17,21H,14,18H2,1H3. The van der Waals surface area contributed by atoms with Crippen molar-refractivity contribution >= 4 is 11.9 Å². The van der Waals surface area contributed by atoms with Crippen LogP contribution >= 0.6 is 0 Å². The Kier molecular flexibility index (Phi) is 6.81. The third-order valence-electron chi connectivity index (χ3n) is 4.25. The molecule has 0 aliphatic rings. The second-order valence-corrected chi connectivity index (χ2v) is 6.31. The lowest BCUT2D eigenvalue weighted by Crippen LogP contribution is -2.04. The SMILES string of the molecule is COc1ccc(CC(C#N)C=Nc2ccccc2)cc1OCc1ccccc1. The zero-order valence-corrected chi connectivity index (χ0v) is 15.8. The molecule has 0 radical (unpaired) electrons. The molecule has 1 atom stereocenters. The summed E-state index contributed by atoms with van der Waals surface area (Å²) in [5.74, 6) is 1.02. The van der Waals surface area contributed by atoms with Crippen molar-refractivity contribution < 1.29 is 9.47 Å². The van der Waals surface area contributed by atoms with E-state index in [2.05, 4.69) is 11.1 Å². The van der Waals surface area contributed by atoms with E-state index in [0.717, 1.165) is 16.8 Å². The van der Waals surface area contributed by atoms with Crippen molar-refractivity contribution in [2.45, 2.75) is 13.0 Å². The number of nitrogens with zero attached hydrogens (tertiary/aromatic N) is 2. The van der Waals surface area contributed by atoms with Gasteiger partial charge in [0, 0.05) is 6.21 Å². The topological polar surface area (TPSA) is 54.6 Å². The van der Waals surface area contributed by atoms with Crippen LogP contribution in [0, 0.1) is 17.2 Å². The molecule has 3 aromatic carbocycles. The minimum atomic E-state index is -0.324. The van der Waals surface area contributed by atoms with Crippen LogP contribution in [-0.4, -0.2) is 13.3 Å². The Labute approximate surface area is 165 Å². The largest absolute Gasteiger partial charge is 0.493 e. The Bertz CT molecular complexity index is 947. The number of rotatable bonds is 8. The molecule has 28 heavy (non-hydrogen) atoms. The second kappa shape index (κ2) is 9.94. The average molecular weight is 370 g/mol. The van der Waals surface area contributed by atoms with Crippen molar-refractivity contribution in [3.63, 3.8) is 0 Å². The van der Waals surface area contributed by atoms with Crippen LogP contribution in [0.4, 0.5) is 5.69 Å². The molecule has 0 aliphatic carbocycles. The highest BCUT2D eigenvalue weighted by Gasteiger charge is 2.11. The van der Waals surface area contributed by atoms with Gasteiger partial charge in [-0.1, -0.05) is 54.6 Å². The van der Waals surface area contributed by atoms with E-state index in [0.29, 0.717) is 24.5 Å². The first-order valence-electron chi connectivity index (χ1n) is 9.11. The summed E-state index contributed by atoms with van der Waals surface area (Å²) in [6, 6.07) is 27.6. The third-order valence-corrected chi connectivity index (χ3v) is 4.25. The lowest BCUT2D eigenvalue weighted by Gasteiger charge is -2.13. The molecule has 0 saturated carbocycles. The van der Waals surface area contributed by atoms with E-state index >= 15 is 0 Å². The van der Waals surface area contributed by atoms with Crippen molar-refractivity contribution in [1.82, 2.24) is 0 Å². The molecule has 0 aliphatic heterocycles. The summed E-state index contributed by atoms with van der Waals surface area (Å²) in [6.45, 7) is 0.456. The number of para-hydroxylation sites is 1. The first kappa shape index (κ1) is 19.2. The molecular weight excluding hydrogens is 348 g/mol. The van der Waals surface area contributed by atoms with Gasteiger partial charge in [-0.25, -0.2) is 0 Å². The Morgan fingerprint density at radius 2 is 1.64 bits per heavy atom. The van der Waals surface area contributed by atoms with Crippen molar-refractivity contribution in [3.8, 4) is 17.6 Å². The molecule has 0 spiro atoms. The predicted molar refractivity (Wildman–Crippen MR) is 111 cm³/mol. The van der Waals surface area contributed by atoms with E-state index in [1.165, 1.54) is 0 Å². The van der Waals surface area contributed by atoms with Gasteiger partial charge in [0.2, 0.25) is 0 Å². The van der Waals surface area contributed by atoms with Crippen LogP contribution in [0.3, 0.4) is 0 Å². The zero-order chi connectivity index (χ0) is 19.6. The van der Waals surface area contributed by atoms with Crippen LogP contribution in [0.2, 0.25) is 0 Å². The summed E-state index contributed by atoms with van der Waals surface area (Å²) in [7, 11) is 1.62. The van der Waals surface area contributed by atoms with Crippen LogP contribution in [0.25, 0.3) is 0 Å². The number of hydrogen-bond donors (Lipinski definition) is 0. The number of ether oxygens (including phenoxy) is 2. The first-order valence-corrected chi connectivity index (χ1v) is 9.11. The number of nitriles is 1. The highest BCUT2D eigenvalue weighted by atomic mass is 16.5. The summed E-state index contributed by atoms with van der Waals surface area (Å²) in [6.07, 6.45) is 2.25. The van der Waals surface area contributed by atoms with E-state index in [4.69, 9.17) is 9.47 Å². The molecule has 0 fully saturated rings. The molecule has 3 aromatic rings. The zero-order valence-electron chi connectivity index (χ0n) is 15.8. The van der Waals surface area contributed by atoms with E-state index in [1.54, 1.807) is 13.3 Å². The molecule has 0 aromatic heterocycles. The van der Waals surface area contributed by atoms with Crippen molar-refractivity contribution in [2.75, 3.05) is 7.11 Å². The maximum Gasteiger partial charge on any atom is 0.161 e. The van der Waals surface area contributed by atoms with Gasteiger partial charge in [0.25, 0.3) is 0 Å². The Morgan fingerprint density at radius 3 is 2.32 bits per heavy atom.